The number of nitrogens with one attached hydrogen (secondary N) is 2. The molecule has 5 nitrogen and oxygen atoms in total. The SMILES string of the molecule is COc1ccc2ccnc(NCCC(=O)NC3CC3)c2c1. The molecule has 21 heavy (non-hydrogen) atoms. The minimum absolute atomic E-state index is 0.0998. The van der Waals surface area contributed by atoms with Gasteiger partial charge in [0.1, 0.15) is 11.6 Å². The van der Waals surface area contributed by atoms with Gasteiger partial charge in [-0.2, -0.15) is 0 Å². The summed E-state index contributed by atoms with van der Waals surface area (Å²) in [6, 6.07) is 8.25. The Morgan fingerprint density at radius 2 is 2.24 bits per heavy atom. The Hall–Kier alpha value is -2.30. The van der Waals surface area contributed by atoms with Crippen LogP contribution in [0.4, 0.5) is 5.82 Å². The summed E-state index contributed by atoms with van der Waals surface area (Å²) in [4.78, 5) is 16.0. The summed E-state index contributed by atoms with van der Waals surface area (Å²) in [6.07, 6.45) is 4.45. The van der Waals surface area contributed by atoms with Gasteiger partial charge in [0.05, 0.1) is 7.11 Å². The number of carbonyl (C=O) groups is 1. The van der Waals surface area contributed by atoms with Crippen LogP contribution in [0.3, 0.4) is 0 Å². The van der Waals surface area contributed by atoms with Gasteiger partial charge in [-0.3, -0.25) is 4.79 Å². The molecule has 0 radical (unpaired) electrons. The summed E-state index contributed by atoms with van der Waals surface area (Å²) in [5.41, 5.74) is 0. The molecule has 1 heterocycles. The number of amides is 1. The standard InChI is InChI=1S/C16H19N3O2/c1-21-13-5-2-11-6-8-17-16(14(11)10-13)18-9-7-15(20)19-12-3-4-12/h2,5-6,8,10,12H,3-4,7,9H2,1H3,(H,17,18)(H,19,20). The van der Waals surface area contributed by atoms with Crippen molar-refractivity contribution in [3.63, 3.8) is 0 Å². The topological polar surface area (TPSA) is 63.2 Å². The molecule has 110 valence electrons. The third-order valence-electron chi connectivity index (χ3n) is 3.56. The molecule has 0 spiro atoms. The molecule has 1 aromatic carbocycles. The van der Waals surface area contributed by atoms with Gasteiger partial charge in [0.2, 0.25) is 5.91 Å². The summed E-state index contributed by atoms with van der Waals surface area (Å²) in [6.45, 7) is 0.571. The summed E-state index contributed by atoms with van der Waals surface area (Å²) in [7, 11) is 1.65. The lowest BCUT2D eigenvalue weighted by atomic mass is 10.1. The van der Waals surface area contributed by atoms with Gasteiger partial charge in [0.15, 0.2) is 0 Å². The third kappa shape index (κ3) is 3.42. The molecule has 5 heteroatoms. The zero-order valence-electron chi connectivity index (χ0n) is 12.1. The number of methoxy groups -OCH3 is 1. The van der Waals surface area contributed by atoms with E-state index < -0.39 is 0 Å². The Balaban J connectivity index is 1.66. The highest BCUT2D eigenvalue weighted by atomic mass is 16.5. The van der Waals surface area contributed by atoms with Crippen LogP contribution < -0.4 is 15.4 Å². The second-order valence-electron chi connectivity index (χ2n) is 5.27. The van der Waals surface area contributed by atoms with Gasteiger partial charge in [-0.25, -0.2) is 4.98 Å². The predicted octanol–water partition coefficient (Wildman–Crippen LogP) is 2.32. The van der Waals surface area contributed by atoms with E-state index in [2.05, 4.69) is 15.6 Å². The number of anilines is 1. The van der Waals surface area contributed by atoms with Crippen LogP contribution in [0, 0.1) is 0 Å². The van der Waals surface area contributed by atoms with Gasteiger partial charge in [-0.1, -0.05) is 6.07 Å². The van der Waals surface area contributed by atoms with Crippen molar-refractivity contribution in [2.75, 3.05) is 19.0 Å². The van der Waals surface area contributed by atoms with E-state index in [1.807, 2.05) is 24.3 Å². The van der Waals surface area contributed by atoms with Crippen molar-refractivity contribution in [3.8, 4) is 5.75 Å². The number of fused-ring (bicyclic) bond motifs is 1. The second kappa shape index (κ2) is 5.99. The van der Waals surface area contributed by atoms with Gasteiger partial charge < -0.3 is 15.4 Å². The average Bonchev–Trinajstić information content (AvgIpc) is 3.31. The Bertz CT molecular complexity index is 653. The Morgan fingerprint density at radius 3 is 3.00 bits per heavy atom. The zero-order chi connectivity index (χ0) is 14.7. The number of nitrogens with zero attached hydrogens (tertiary/aromatic N) is 1. The number of carbonyl (C=O) groups excluding carboxylic acids is 1. The van der Waals surface area contributed by atoms with Crippen molar-refractivity contribution < 1.29 is 9.53 Å². The van der Waals surface area contributed by atoms with Crippen LogP contribution in [0.5, 0.6) is 5.75 Å². The van der Waals surface area contributed by atoms with Crippen molar-refractivity contribution in [2.45, 2.75) is 25.3 Å². The van der Waals surface area contributed by atoms with Crippen LogP contribution in [-0.4, -0.2) is 30.6 Å². The van der Waals surface area contributed by atoms with Crippen molar-refractivity contribution in [3.05, 3.63) is 30.5 Å². The Labute approximate surface area is 123 Å². The fourth-order valence-corrected chi connectivity index (χ4v) is 2.24. The molecular formula is C16H19N3O2. The van der Waals surface area contributed by atoms with E-state index in [-0.39, 0.29) is 5.91 Å². The number of hydrogen-bond donors (Lipinski definition) is 2. The van der Waals surface area contributed by atoms with E-state index in [1.165, 1.54) is 0 Å². The molecular weight excluding hydrogens is 266 g/mol. The maximum atomic E-state index is 11.7. The van der Waals surface area contributed by atoms with Crippen LogP contribution in [0.1, 0.15) is 19.3 Å². The molecule has 1 aliphatic carbocycles. The van der Waals surface area contributed by atoms with Gasteiger partial charge in [0, 0.05) is 30.6 Å². The number of benzene rings is 1. The molecule has 0 bridgehead atoms. The lowest BCUT2D eigenvalue weighted by Gasteiger charge is -2.10. The second-order valence-corrected chi connectivity index (χ2v) is 5.27. The fraction of sp³-hybridized carbons (Fsp3) is 0.375. The van der Waals surface area contributed by atoms with Gasteiger partial charge in [0.25, 0.3) is 0 Å². The average molecular weight is 285 g/mol. The van der Waals surface area contributed by atoms with E-state index in [0.717, 1.165) is 35.2 Å². The summed E-state index contributed by atoms with van der Waals surface area (Å²) in [5, 5.41) is 8.30. The van der Waals surface area contributed by atoms with E-state index in [9.17, 15) is 4.79 Å². The van der Waals surface area contributed by atoms with E-state index in [0.29, 0.717) is 19.0 Å². The smallest absolute Gasteiger partial charge is 0.221 e. The summed E-state index contributed by atoms with van der Waals surface area (Å²) in [5.74, 6) is 1.68. The van der Waals surface area contributed by atoms with E-state index in [1.54, 1.807) is 13.3 Å². The molecule has 1 saturated carbocycles. The third-order valence-corrected chi connectivity index (χ3v) is 3.56. The van der Waals surface area contributed by atoms with Crippen molar-refractivity contribution >= 4 is 22.5 Å². The van der Waals surface area contributed by atoms with E-state index in [4.69, 9.17) is 4.74 Å². The molecule has 1 fully saturated rings. The molecule has 0 unspecified atom stereocenters. The molecule has 0 atom stereocenters. The maximum Gasteiger partial charge on any atom is 0.221 e. The quantitative estimate of drug-likeness (QED) is 0.855. The molecule has 2 aromatic rings. The first-order valence-corrected chi connectivity index (χ1v) is 7.22. The van der Waals surface area contributed by atoms with Crippen LogP contribution >= 0.6 is 0 Å². The molecule has 2 N–H and O–H groups in total. The van der Waals surface area contributed by atoms with Crippen molar-refractivity contribution in [2.24, 2.45) is 0 Å². The van der Waals surface area contributed by atoms with Gasteiger partial charge >= 0.3 is 0 Å². The van der Waals surface area contributed by atoms with Crippen LogP contribution in [0.15, 0.2) is 30.5 Å². The normalized spacial score (nSPS) is 14.0. The number of rotatable bonds is 6. The minimum atomic E-state index is 0.0998. The minimum Gasteiger partial charge on any atom is -0.497 e. The van der Waals surface area contributed by atoms with Crippen molar-refractivity contribution in [1.29, 1.82) is 0 Å². The Morgan fingerprint density at radius 1 is 1.38 bits per heavy atom. The zero-order valence-corrected chi connectivity index (χ0v) is 12.1. The fourth-order valence-electron chi connectivity index (χ4n) is 2.24. The molecule has 1 amide bonds. The molecule has 0 aliphatic heterocycles. The number of aromatic nitrogens is 1. The number of ether oxygens (including phenoxy) is 1. The first-order valence-electron chi connectivity index (χ1n) is 7.22. The number of pyridine rings is 1. The van der Waals surface area contributed by atoms with Crippen LogP contribution in [0.25, 0.3) is 10.8 Å². The monoisotopic (exact) mass is 285 g/mol. The highest BCUT2D eigenvalue weighted by molar-refractivity contribution is 5.92. The largest absolute Gasteiger partial charge is 0.497 e. The van der Waals surface area contributed by atoms with Crippen LogP contribution in [0.2, 0.25) is 0 Å². The summed E-state index contributed by atoms with van der Waals surface area (Å²) < 4.78 is 5.25. The van der Waals surface area contributed by atoms with Gasteiger partial charge in [-0.15, -0.1) is 0 Å². The Kier molecular flexibility index (Phi) is 3.90. The highest BCUT2D eigenvalue weighted by Crippen LogP contribution is 2.25. The number of hydrogen-bond acceptors (Lipinski definition) is 4. The first kappa shape index (κ1) is 13.7. The molecule has 1 aromatic heterocycles. The first-order chi connectivity index (χ1) is 10.3. The lowest BCUT2D eigenvalue weighted by molar-refractivity contribution is -0.120. The molecule has 0 saturated heterocycles. The van der Waals surface area contributed by atoms with E-state index >= 15 is 0 Å². The van der Waals surface area contributed by atoms with Crippen LogP contribution in [-0.2, 0) is 4.79 Å². The predicted molar refractivity (Wildman–Crippen MR) is 82.6 cm³/mol. The maximum absolute atomic E-state index is 11.7. The van der Waals surface area contributed by atoms with Gasteiger partial charge in [-0.05, 0) is 36.4 Å². The van der Waals surface area contributed by atoms with Crippen molar-refractivity contribution in [1.82, 2.24) is 10.3 Å². The molecule has 1 aliphatic rings. The highest BCUT2D eigenvalue weighted by Gasteiger charge is 2.22. The lowest BCUT2D eigenvalue weighted by Crippen LogP contribution is -2.27. The molecule has 3 rings (SSSR count). The summed E-state index contributed by atoms with van der Waals surface area (Å²) >= 11 is 0.